The first-order valence-corrected chi connectivity index (χ1v) is 6.91. The second-order valence-corrected chi connectivity index (χ2v) is 4.95. The smallest absolute Gasteiger partial charge is 0.186 e. The minimum absolute atomic E-state index is 0.0187. The van der Waals surface area contributed by atoms with Crippen LogP contribution in [-0.2, 0) is 6.54 Å². The van der Waals surface area contributed by atoms with Crippen molar-refractivity contribution >= 4 is 11.6 Å². The summed E-state index contributed by atoms with van der Waals surface area (Å²) in [6, 6.07) is 5.19. The van der Waals surface area contributed by atoms with E-state index in [1.807, 2.05) is 12.1 Å². The highest BCUT2D eigenvalue weighted by atomic mass is 19.1. The van der Waals surface area contributed by atoms with E-state index in [-0.39, 0.29) is 11.8 Å². The molecule has 110 valence electrons. The van der Waals surface area contributed by atoms with E-state index in [1.165, 1.54) is 6.07 Å². The molecule has 0 amide bonds. The van der Waals surface area contributed by atoms with Crippen LogP contribution in [0.15, 0.2) is 23.2 Å². The van der Waals surface area contributed by atoms with Crippen LogP contribution in [0.3, 0.4) is 0 Å². The van der Waals surface area contributed by atoms with Crippen LogP contribution in [-0.4, -0.2) is 43.6 Å². The van der Waals surface area contributed by atoms with Gasteiger partial charge in [-0.25, -0.2) is 9.38 Å². The van der Waals surface area contributed by atoms with E-state index in [4.69, 9.17) is 11.5 Å². The number of anilines is 1. The molecule has 6 heteroatoms. The molecule has 0 aliphatic carbocycles. The van der Waals surface area contributed by atoms with Gasteiger partial charge in [-0.3, -0.25) is 0 Å². The summed E-state index contributed by atoms with van der Waals surface area (Å²) in [5.41, 5.74) is 12.0. The Bertz CT molecular complexity index is 476. The van der Waals surface area contributed by atoms with Gasteiger partial charge in [0.2, 0.25) is 0 Å². The molecule has 1 aliphatic rings. The Morgan fingerprint density at radius 2 is 1.95 bits per heavy atom. The van der Waals surface area contributed by atoms with Gasteiger partial charge in [-0.2, -0.15) is 0 Å². The van der Waals surface area contributed by atoms with Crippen LogP contribution in [0.1, 0.15) is 12.5 Å². The average Bonchev–Trinajstić information content (AvgIpc) is 2.45. The zero-order valence-electron chi connectivity index (χ0n) is 11.8. The zero-order valence-corrected chi connectivity index (χ0v) is 11.8. The van der Waals surface area contributed by atoms with Crippen molar-refractivity contribution in [1.29, 1.82) is 0 Å². The van der Waals surface area contributed by atoms with Gasteiger partial charge in [-0.15, -0.1) is 0 Å². The second-order valence-electron chi connectivity index (χ2n) is 4.95. The summed E-state index contributed by atoms with van der Waals surface area (Å²) in [4.78, 5) is 8.34. The number of halogens is 1. The number of guanidine groups is 1. The van der Waals surface area contributed by atoms with E-state index in [0.717, 1.165) is 38.3 Å². The van der Waals surface area contributed by atoms with Crippen molar-refractivity contribution in [1.82, 2.24) is 4.90 Å². The van der Waals surface area contributed by atoms with Crippen molar-refractivity contribution in [3.63, 3.8) is 0 Å². The zero-order chi connectivity index (χ0) is 14.5. The molecule has 0 atom stereocenters. The molecular formula is C14H22FN5. The summed E-state index contributed by atoms with van der Waals surface area (Å²) in [7, 11) is 0. The Morgan fingerprint density at radius 1 is 1.25 bits per heavy atom. The Kier molecular flexibility index (Phi) is 4.79. The van der Waals surface area contributed by atoms with Crippen molar-refractivity contribution in [2.24, 2.45) is 16.5 Å². The lowest BCUT2D eigenvalue weighted by Crippen LogP contribution is -2.46. The molecule has 1 heterocycles. The third-order valence-corrected chi connectivity index (χ3v) is 3.62. The van der Waals surface area contributed by atoms with Gasteiger partial charge in [-0.1, -0.05) is 13.0 Å². The standard InChI is InChI=1S/C14H22FN5/c1-2-19-5-7-20(8-6-19)13-4-3-11(9-12(13)15)10-18-14(16)17/h3-4,9H,2,5-8,10H2,1H3,(H4,16,17,18). The summed E-state index contributed by atoms with van der Waals surface area (Å²) < 4.78 is 14.2. The first-order chi connectivity index (χ1) is 9.60. The summed E-state index contributed by atoms with van der Waals surface area (Å²) in [5.74, 6) is -0.191. The number of hydrogen-bond acceptors (Lipinski definition) is 3. The minimum atomic E-state index is -0.210. The molecule has 4 N–H and O–H groups in total. The molecule has 1 aliphatic heterocycles. The van der Waals surface area contributed by atoms with Gasteiger partial charge in [0.1, 0.15) is 5.82 Å². The molecule has 0 radical (unpaired) electrons. The average molecular weight is 279 g/mol. The van der Waals surface area contributed by atoms with Crippen molar-refractivity contribution in [2.45, 2.75) is 13.5 Å². The maximum absolute atomic E-state index is 14.2. The fourth-order valence-corrected chi connectivity index (χ4v) is 2.39. The number of benzene rings is 1. The lowest BCUT2D eigenvalue weighted by molar-refractivity contribution is 0.270. The van der Waals surface area contributed by atoms with Crippen molar-refractivity contribution < 1.29 is 4.39 Å². The lowest BCUT2D eigenvalue weighted by Gasteiger charge is -2.35. The van der Waals surface area contributed by atoms with Crippen LogP contribution >= 0.6 is 0 Å². The van der Waals surface area contributed by atoms with E-state index < -0.39 is 0 Å². The molecule has 0 unspecified atom stereocenters. The van der Waals surface area contributed by atoms with Crippen molar-refractivity contribution in [3.05, 3.63) is 29.6 Å². The highest BCUT2D eigenvalue weighted by Crippen LogP contribution is 2.22. The monoisotopic (exact) mass is 279 g/mol. The van der Waals surface area contributed by atoms with Crippen LogP contribution in [0, 0.1) is 5.82 Å². The van der Waals surface area contributed by atoms with Gasteiger partial charge < -0.3 is 21.3 Å². The number of likely N-dealkylation sites (N-methyl/N-ethyl adjacent to an activating group) is 1. The topological polar surface area (TPSA) is 70.9 Å². The predicted octanol–water partition coefficient (Wildman–Crippen LogP) is 0.741. The fraction of sp³-hybridized carbons (Fsp3) is 0.500. The second kappa shape index (κ2) is 6.56. The number of aliphatic imine (C=N–C) groups is 1. The van der Waals surface area contributed by atoms with Crippen LogP contribution in [0.4, 0.5) is 10.1 Å². The molecule has 0 saturated carbocycles. The van der Waals surface area contributed by atoms with Crippen LogP contribution in [0.25, 0.3) is 0 Å². The van der Waals surface area contributed by atoms with Gasteiger partial charge in [0.25, 0.3) is 0 Å². The van der Waals surface area contributed by atoms with E-state index in [1.54, 1.807) is 0 Å². The fourth-order valence-electron chi connectivity index (χ4n) is 2.39. The summed E-state index contributed by atoms with van der Waals surface area (Å²) in [5, 5.41) is 0. The summed E-state index contributed by atoms with van der Waals surface area (Å²) in [6.07, 6.45) is 0. The van der Waals surface area contributed by atoms with Gasteiger partial charge >= 0.3 is 0 Å². The summed E-state index contributed by atoms with van der Waals surface area (Å²) >= 11 is 0. The Balaban J connectivity index is 2.04. The first-order valence-electron chi connectivity index (χ1n) is 6.91. The lowest BCUT2D eigenvalue weighted by atomic mass is 10.1. The molecule has 5 nitrogen and oxygen atoms in total. The molecule has 1 aromatic carbocycles. The molecule has 2 rings (SSSR count). The van der Waals surface area contributed by atoms with Crippen molar-refractivity contribution in [2.75, 3.05) is 37.6 Å². The molecule has 0 aromatic heterocycles. The third kappa shape index (κ3) is 3.60. The molecule has 20 heavy (non-hydrogen) atoms. The highest BCUT2D eigenvalue weighted by molar-refractivity contribution is 5.75. The molecule has 1 aromatic rings. The minimum Gasteiger partial charge on any atom is -0.370 e. The normalized spacial score (nSPS) is 16.2. The third-order valence-electron chi connectivity index (χ3n) is 3.62. The van der Waals surface area contributed by atoms with E-state index >= 15 is 0 Å². The molecule has 1 fully saturated rings. The number of rotatable bonds is 4. The Morgan fingerprint density at radius 3 is 2.50 bits per heavy atom. The molecule has 1 saturated heterocycles. The summed E-state index contributed by atoms with van der Waals surface area (Å²) in [6.45, 7) is 7.18. The van der Waals surface area contributed by atoms with Gasteiger partial charge in [0.05, 0.1) is 12.2 Å². The maximum atomic E-state index is 14.2. The van der Waals surface area contributed by atoms with E-state index in [0.29, 0.717) is 12.2 Å². The van der Waals surface area contributed by atoms with Gasteiger partial charge in [0, 0.05) is 26.2 Å². The quantitative estimate of drug-likeness (QED) is 0.630. The molecule has 0 bridgehead atoms. The molecule has 0 spiro atoms. The van der Waals surface area contributed by atoms with Crippen LogP contribution < -0.4 is 16.4 Å². The number of hydrogen-bond donors (Lipinski definition) is 2. The maximum Gasteiger partial charge on any atom is 0.186 e. The molecular weight excluding hydrogens is 257 g/mol. The predicted molar refractivity (Wildman–Crippen MR) is 80.2 cm³/mol. The largest absolute Gasteiger partial charge is 0.370 e. The highest BCUT2D eigenvalue weighted by Gasteiger charge is 2.18. The van der Waals surface area contributed by atoms with Gasteiger partial charge in [-0.05, 0) is 24.2 Å². The van der Waals surface area contributed by atoms with Crippen molar-refractivity contribution in [3.8, 4) is 0 Å². The van der Waals surface area contributed by atoms with Crippen LogP contribution in [0.5, 0.6) is 0 Å². The SMILES string of the molecule is CCN1CCN(c2ccc(CN=C(N)N)cc2F)CC1. The Labute approximate surface area is 119 Å². The number of nitrogens with zero attached hydrogens (tertiary/aromatic N) is 3. The van der Waals surface area contributed by atoms with E-state index in [9.17, 15) is 4.39 Å². The first kappa shape index (κ1) is 14.6. The van der Waals surface area contributed by atoms with E-state index in [2.05, 4.69) is 21.7 Å². The van der Waals surface area contributed by atoms with Crippen LogP contribution in [0.2, 0.25) is 0 Å². The number of nitrogens with two attached hydrogens (primary N) is 2. The van der Waals surface area contributed by atoms with Gasteiger partial charge in [0.15, 0.2) is 5.96 Å². The Hall–Kier alpha value is -1.82. The number of piperazine rings is 1.